The lowest BCUT2D eigenvalue weighted by Gasteiger charge is -2.39. The molecule has 3 rings (SSSR count). The number of hydrogen-bond donors (Lipinski definition) is 1. The smallest absolute Gasteiger partial charge is 0.258 e. The summed E-state index contributed by atoms with van der Waals surface area (Å²) in [6, 6.07) is 3.51. The van der Waals surface area contributed by atoms with Gasteiger partial charge in [-0.05, 0) is 42.7 Å². The third-order valence-electron chi connectivity index (χ3n) is 4.46. The summed E-state index contributed by atoms with van der Waals surface area (Å²) in [6.07, 6.45) is 4.56. The molecule has 1 aromatic heterocycles. The van der Waals surface area contributed by atoms with Crippen molar-refractivity contribution in [2.45, 2.75) is 52.6 Å². The number of aromatic nitrogens is 1. The monoisotopic (exact) mass is 321 g/mol. The standard InChI is InChI=1S/C16H23N3O2S/c1-11-7-12(9-16(2,3)8-11)19-22(20,21)15-13-5-4-6-17-14(13)10-18-15/h4-6,11-12,19H,7-10H2,1-3H3. The van der Waals surface area contributed by atoms with Crippen molar-refractivity contribution in [1.29, 1.82) is 0 Å². The van der Waals surface area contributed by atoms with Crippen LogP contribution in [0.1, 0.15) is 51.3 Å². The molecule has 1 aliphatic carbocycles. The van der Waals surface area contributed by atoms with Crippen LogP contribution in [0, 0.1) is 11.3 Å². The van der Waals surface area contributed by atoms with Gasteiger partial charge in [-0.1, -0.05) is 20.8 Å². The Morgan fingerprint density at radius 3 is 2.82 bits per heavy atom. The molecule has 1 saturated carbocycles. The fraction of sp³-hybridized carbons (Fsp3) is 0.625. The fourth-order valence-electron chi connectivity index (χ4n) is 3.93. The highest BCUT2D eigenvalue weighted by Gasteiger charge is 2.36. The van der Waals surface area contributed by atoms with Gasteiger partial charge in [0.15, 0.2) is 5.04 Å². The van der Waals surface area contributed by atoms with Crippen LogP contribution in [0.15, 0.2) is 23.3 Å². The SMILES string of the molecule is CC1CC(NS(=O)(=O)C2=NCc3ncccc32)CC(C)(C)C1. The summed E-state index contributed by atoms with van der Waals surface area (Å²) in [6.45, 7) is 6.94. The maximum Gasteiger partial charge on any atom is 0.258 e. The number of aliphatic imine (C=N–C) groups is 1. The average Bonchev–Trinajstić information content (AvgIpc) is 2.79. The second kappa shape index (κ2) is 5.42. The van der Waals surface area contributed by atoms with E-state index in [0.717, 1.165) is 25.0 Å². The first-order valence-corrected chi connectivity index (χ1v) is 9.26. The number of fused-ring (bicyclic) bond motifs is 1. The van der Waals surface area contributed by atoms with Gasteiger partial charge in [-0.3, -0.25) is 9.98 Å². The van der Waals surface area contributed by atoms with Crippen LogP contribution in [0.2, 0.25) is 0 Å². The fourth-order valence-corrected chi connectivity index (χ4v) is 5.37. The molecule has 0 amide bonds. The molecule has 0 spiro atoms. The van der Waals surface area contributed by atoms with E-state index in [-0.39, 0.29) is 16.5 Å². The van der Waals surface area contributed by atoms with Crippen molar-refractivity contribution in [3.63, 3.8) is 0 Å². The van der Waals surface area contributed by atoms with Gasteiger partial charge >= 0.3 is 0 Å². The molecule has 1 fully saturated rings. The van der Waals surface area contributed by atoms with Crippen LogP contribution in [0.4, 0.5) is 0 Å². The molecule has 2 unspecified atom stereocenters. The molecule has 120 valence electrons. The minimum absolute atomic E-state index is 0.0211. The summed E-state index contributed by atoms with van der Waals surface area (Å²) in [5.74, 6) is 0.524. The highest BCUT2D eigenvalue weighted by molar-refractivity contribution is 8.05. The van der Waals surface area contributed by atoms with E-state index < -0.39 is 10.0 Å². The minimum Gasteiger partial charge on any atom is -0.265 e. The van der Waals surface area contributed by atoms with E-state index in [1.165, 1.54) is 0 Å². The Morgan fingerprint density at radius 2 is 2.09 bits per heavy atom. The van der Waals surface area contributed by atoms with Gasteiger partial charge in [-0.2, -0.15) is 0 Å². The Hall–Kier alpha value is -1.27. The second-order valence-electron chi connectivity index (χ2n) is 7.35. The molecule has 0 bridgehead atoms. The molecule has 0 radical (unpaired) electrons. The lowest BCUT2D eigenvalue weighted by molar-refractivity contribution is 0.163. The molecular formula is C16H23N3O2S. The van der Waals surface area contributed by atoms with Crippen LogP contribution in [0.3, 0.4) is 0 Å². The van der Waals surface area contributed by atoms with E-state index in [1.807, 2.05) is 0 Å². The summed E-state index contributed by atoms with van der Waals surface area (Å²) >= 11 is 0. The van der Waals surface area contributed by atoms with Crippen molar-refractivity contribution in [2.75, 3.05) is 0 Å². The van der Waals surface area contributed by atoms with Crippen LogP contribution in [0.5, 0.6) is 0 Å². The quantitative estimate of drug-likeness (QED) is 0.909. The zero-order valence-corrected chi connectivity index (χ0v) is 14.2. The Balaban J connectivity index is 1.81. The average molecular weight is 321 g/mol. The van der Waals surface area contributed by atoms with Crippen LogP contribution in [-0.4, -0.2) is 24.5 Å². The number of nitrogens with one attached hydrogen (secondary N) is 1. The lowest BCUT2D eigenvalue weighted by Crippen LogP contribution is -2.45. The summed E-state index contributed by atoms with van der Waals surface area (Å²) in [4.78, 5) is 8.40. The van der Waals surface area contributed by atoms with Gasteiger partial charge in [0.2, 0.25) is 0 Å². The number of rotatable bonds is 2. The van der Waals surface area contributed by atoms with Crippen molar-refractivity contribution >= 4 is 15.1 Å². The summed E-state index contributed by atoms with van der Waals surface area (Å²) in [7, 11) is -3.59. The topological polar surface area (TPSA) is 71.4 Å². The molecule has 2 heterocycles. The molecule has 5 nitrogen and oxygen atoms in total. The maximum atomic E-state index is 12.7. The molecule has 0 aromatic carbocycles. The molecule has 2 aliphatic rings. The van der Waals surface area contributed by atoms with Crippen molar-refractivity contribution in [3.8, 4) is 0 Å². The van der Waals surface area contributed by atoms with Crippen LogP contribution in [-0.2, 0) is 16.6 Å². The van der Waals surface area contributed by atoms with Gasteiger partial charge in [-0.15, -0.1) is 0 Å². The van der Waals surface area contributed by atoms with E-state index in [2.05, 4.69) is 35.5 Å². The van der Waals surface area contributed by atoms with Gasteiger partial charge in [0.25, 0.3) is 10.0 Å². The summed E-state index contributed by atoms with van der Waals surface area (Å²) < 4.78 is 28.3. The van der Waals surface area contributed by atoms with Crippen molar-refractivity contribution < 1.29 is 8.42 Å². The van der Waals surface area contributed by atoms with Crippen LogP contribution < -0.4 is 4.72 Å². The largest absolute Gasteiger partial charge is 0.265 e. The first-order chi connectivity index (χ1) is 10.3. The minimum atomic E-state index is -3.59. The lowest BCUT2D eigenvalue weighted by atomic mass is 9.71. The van der Waals surface area contributed by atoms with E-state index in [1.54, 1.807) is 18.3 Å². The van der Waals surface area contributed by atoms with Gasteiger partial charge in [-0.25, -0.2) is 13.1 Å². The summed E-state index contributed by atoms with van der Waals surface area (Å²) in [5, 5.41) is 0.145. The first-order valence-electron chi connectivity index (χ1n) is 7.78. The molecule has 0 saturated heterocycles. The number of nitrogens with zero attached hydrogens (tertiary/aromatic N) is 2. The molecular weight excluding hydrogens is 298 g/mol. The maximum absolute atomic E-state index is 12.7. The van der Waals surface area contributed by atoms with Crippen molar-refractivity contribution in [1.82, 2.24) is 9.71 Å². The Morgan fingerprint density at radius 1 is 1.32 bits per heavy atom. The third-order valence-corrected chi connectivity index (χ3v) is 5.96. The number of sulfonamides is 1. The van der Waals surface area contributed by atoms with E-state index in [0.29, 0.717) is 18.0 Å². The molecule has 1 N–H and O–H groups in total. The highest BCUT2D eigenvalue weighted by atomic mass is 32.2. The number of hydrogen-bond acceptors (Lipinski definition) is 4. The zero-order valence-electron chi connectivity index (χ0n) is 13.3. The molecule has 22 heavy (non-hydrogen) atoms. The highest BCUT2D eigenvalue weighted by Crippen LogP contribution is 2.38. The first kappa shape index (κ1) is 15.6. The van der Waals surface area contributed by atoms with Crippen LogP contribution >= 0.6 is 0 Å². The Bertz CT molecular complexity index is 710. The molecule has 1 aliphatic heterocycles. The van der Waals surface area contributed by atoms with E-state index in [4.69, 9.17) is 0 Å². The second-order valence-corrected chi connectivity index (χ2v) is 8.98. The van der Waals surface area contributed by atoms with Crippen molar-refractivity contribution in [2.24, 2.45) is 16.3 Å². The Labute approximate surface area is 132 Å². The molecule has 2 atom stereocenters. The van der Waals surface area contributed by atoms with Gasteiger partial charge in [0, 0.05) is 17.8 Å². The summed E-state index contributed by atoms with van der Waals surface area (Å²) in [5.41, 5.74) is 1.54. The van der Waals surface area contributed by atoms with Crippen molar-refractivity contribution in [3.05, 3.63) is 29.6 Å². The number of pyridine rings is 1. The van der Waals surface area contributed by atoms with Crippen LogP contribution in [0.25, 0.3) is 0 Å². The molecule has 6 heteroatoms. The van der Waals surface area contributed by atoms with E-state index in [9.17, 15) is 8.42 Å². The third kappa shape index (κ3) is 3.08. The predicted octanol–water partition coefficient (Wildman–Crippen LogP) is 2.48. The predicted molar refractivity (Wildman–Crippen MR) is 87.1 cm³/mol. The van der Waals surface area contributed by atoms with E-state index >= 15 is 0 Å². The normalized spacial score (nSPS) is 27.3. The van der Waals surface area contributed by atoms with Gasteiger partial charge in [0.05, 0.1) is 12.2 Å². The zero-order chi connectivity index (χ0) is 16.0. The van der Waals surface area contributed by atoms with Gasteiger partial charge in [0.1, 0.15) is 0 Å². The van der Waals surface area contributed by atoms with Gasteiger partial charge < -0.3 is 0 Å². The Kier molecular flexibility index (Phi) is 3.85. The molecule has 1 aromatic rings.